The first-order valence-corrected chi connectivity index (χ1v) is 7.45. The van der Waals surface area contributed by atoms with Crippen LogP contribution in [0.3, 0.4) is 0 Å². The van der Waals surface area contributed by atoms with Crippen LogP contribution in [0.5, 0.6) is 0 Å². The highest BCUT2D eigenvalue weighted by atomic mass is 16.1. The van der Waals surface area contributed by atoms with Crippen molar-refractivity contribution >= 4 is 17.3 Å². The summed E-state index contributed by atoms with van der Waals surface area (Å²) in [7, 11) is 0. The SMILES string of the molecule is CCCCC(=O)Nc1ccc(NCc2ccccc2)cc1. The fourth-order valence-electron chi connectivity index (χ4n) is 2.03. The second kappa shape index (κ2) is 8.10. The Kier molecular flexibility index (Phi) is 5.83. The molecule has 0 aromatic heterocycles. The van der Waals surface area contributed by atoms with Gasteiger partial charge in [-0.2, -0.15) is 0 Å². The lowest BCUT2D eigenvalue weighted by molar-refractivity contribution is -0.116. The van der Waals surface area contributed by atoms with Gasteiger partial charge in [-0.05, 0) is 36.2 Å². The fraction of sp³-hybridized carbons (Fsp3) is 0.278. The maximum atomic E-state index is 11.6. The smallest absolute Gasteiger partial charge is 0.224 e. The third-order valence-electron chi connectivity index (χ3n) is 3.27. The molecular formula is C18H22N2O. The van der Waals surface area contributed by atoms with Gasteiger partial charge in [-0.25, -0.2) is 0 Å². The van der Waals surface area contributed by atoms with Gasteiger partial charge in [0.05, 0.1) is 0 Å². The average molecular weight is 282 g/mol. The molecule has 0 atom stereocenters. The average Bonchev–Trinajstić information content (AvgIpc) is 2.53. The number of hydrogen-bond acceptors (Lipinski definition) is 2. The molecule has 0 fully saturated rings. The minimum absolute atomic E-state index is 0.0850. The number of anilines is 2. The number of hydrogen-bond donors (Lipinski definition) is 2. The lowest BCUT2D eigenvalue weighted by Crippen LogP contribution is -2.10. The van der Waals surface area contributed by atoms with Crippen molar-refractivity contribution in [2.75, 3.05) is 10.6 Å². The molecule has 0 saturated heterocycles. The van der Waals surface area contributed by atoms with Gasteiger partial charge in [0.25, 0.3) is 0 Å². The van der Waals surface area contributed by atoms with Crippen molar-refractivity contribution in [3.8, 4) is 0 Å². The summed E-state index contributed by atoms with van der Waals surface area (Å²) < 4.78 is 0. The third kappa shape index (κ3) is 5.30. The Morgan fingerprint density at radius 2 is 1.62 bits per heavy atom. The Labute approximate surface area is 126 Å². The van der Waals surface area contributed by atoms with E-state index in [2.05, 4.69) is 29.7 Å². The van der Waals surface area contributed by atoms with E-state index in [1.807, 2.05) is 42.5 Å². The first-order valence-electron chi connectivity index (χ1n) is 7.45. The quantitative estimate of drug-likeness (QED) is 0.789. The molecule has 110 valence electrons. The van der Waals surface area contributed by atoms with Crippen molar-refractivity contribution in [1.82, 2.24) is 0 Å². The number of carbonyl (C=O) groups is 1. The molecule has 3 heteroatoms. The van der Waals surface area contributed by atoms with E-state index in [4.69, 9.17) is 0 Å². The first kappa shape index (κ1) is 15.1. The van der Waals surface area contributed by atoms with Gasteiger partial charge < -0.3 is 10.6 Å². The summed E-state index contributed by atoms with van der Waals surface area (Å²) in [6, 6.07) is 18.1. The number of benzene rings is 2. The zero-order chi connectivity index (χ0) is 14.9. The minimum Gasteiger partial charge on any atom is -0.381 e. The van der Waals surface area contributed by atoms with Crippen LogP contribution in [0.2, 0.25) is 0 Å². The van der Waals surface area contributed by atoms with Crippen molar-refractivity contribution in [3.05, 3.63) is 60.2 Å². The van der Waals surface area contributed by atoms with Crippen LogP contribution in [-0.2, 0) is 11.3 Å². The zero-order valence-electron chi connectivity index (χ0n) is 12.4. The molecular weight excluding hydrogens is 260 g/mol. The van der Waals surface area contributed by atoms with Crippen LogP contribution >= 0.6 is 0 Å². The van der Waals surface area contributed by atoms with E-state index in [9.17, 15) is 4.79 Å². The van der Waals surface area contributed by atoms with Gasteiger partial charge in [-0.1, -0.05) is 43.7 Å². The summed E-state index contributed by atoms with van der Waals surface area (Å²) in [4.78, 5) is 11.6. The van der Waals surface area contributed by atoms with Crippen molar-refractivity contribution in [1.29, 1.82) is 0 Å². The molecule has 3 nitrogen and oxygen atoms in total. The lowest BCUT2D eigenvalue weighted by atomic mass is 10.2. The summed E-state index contributed by atoms with van der Waals surface area (Å²) in [6.07, 6.45) is 2.56. The Balaban J connectivity index is 1.83. The Hall–Kier alpha value is -2.29. The first-order chi connectivity index (χ1) is 10.3. The highest BCUT2D eigenvalue weighted by Crippen LogP contribution is 2.15. The van der Waals surface area contributed by atoms with E-state index in [-0.39, 0.29) is 5.91 Å². The monoisotopic (exact) mass is 282 g/mol. The molecule has 1 amide bonds. The van der Waals surface area contributed by atoms with E-state index in [0.717, 1.165) is 30.8 Å². The summed E-state index contributed by atoms with van der Waals surface area (Å²) in [5.41, 5.74) is 3.14. The molecule has 0 bridgehead atoms. The molecule has 0 aliphatic heterocycles. The second-order valence-corrected chi connectivity index (χ2v) is 5.07. The summed E-state index contributed by atoms with van der Waals surface area (Å²) in [5.74, 6) is 0.0850. The predicted octanol–water partition coefficient (Wildman–Crippen LogP) is 4.43. The predicted molar refractivity (Wildman–Crippen MR) is 88.4 cm³/mol. The van der Waals surface area contributed by atoms with Gasteiger partial charge in [0, 0.05) is 24.3 Å². The van der Waals surface area contributed by atoms with Gasteiger partial charge in [-0.15, -0.1) is 0 Å². The molecule has 2 rings (SSSR count). The molecule has 0 unspecified atom stereocenters. The van der Waals surface area contributed by atoms with Crippen LogP contribution in [0.1, 0.15) is 31.7 Å². The maximum absolute atomic E-state index is 11.6. The topological polar surface area (TPSA) is 41.1 Å². The van der Waals surface area contributed by atoms with Gasteiger partial charge in [0.15, 0.2) is 0 Å². The van der Waals surface area contributed by atoms with E-state index in [0.29, 0.717) is 6.42 Å². The number of unbranched alkanes of at least 4 members (excludes halogenated alkanes) is 1. The molecule has 0 saturated carbocycles. The van der Waals surface area contributed by atoms with Crippen LogP contribution in [0.25, 0.3) is 0 Å². The molecule has 2 aromatic carbocycles. The molecule has 2 aromatic rings. The van der Waals surface area contributed by atoms with Gasteiger partial charge in [0.2, 0.25) is 5.91 Å². The van der Waals surface area contributed by atoms with E-state index < -0.39 is 0 Å². The lowest BCUT2D eigenvalue weighted by Gasteiger charge is -2.08. The number of rotatable bonds is 7. The number of carbonyl (C=O) groups excluding carboxylic acids is 1. The van der Waals surface area contributed by atoms with E-state index in [1.54, 1.807) is 0 Å². The zero-order valence-corrected chi connectivity index (χ0v) is 12.4. The molecule has 0 heterocycles. The number of amides is 1. The van der Waals surface area contributed by atoms with E-state index in [1.165, 1.54) is 5.56 Å². The van der Waals surface area contributed by atoms with Crippen molar-refractivity contribution in [3.63, 3.8) is 0 Å². The summed E-state index contributed by atoms with van der Waals surface area (Å²) >= 11 is 0. The van der Waals surface area contributed by atoms with E-state index >= 15 is 0 Å². The van der Waals surface area contributed by atoms with Crippen LogP contribution < -0.4 is 10.6 Å². The standard InChI is InChI=1S/C18H22N2O/c1-2-3-9-18(21)20-17-12-10-16(11-13-17)19-14-15-7-5-4-6-8-15/h4-8,10-13,19H,2-3,9,14H2,1H3,(H,20,21). The molecule has 0 aliphatic rings. The number of nitrogens with one attached hydrogen (secondary N) is 2. The third-order valence-corrected chi connectivity index (χ3v) is 3.27. The highest BCUT2D eigenvalue weighted by molar-refractivity contribution is 5.90. The fourth-order valence-corrected chi connectivity index (χ4v) is 2.03. The Bertz CT molecular complexity index is 549. The van der Waals surface area contributed by atoms with Crippen LogP contribution in [0, 0.1) is 0 Å². The molecule has 0 aliphatic carbocycles. The molecule has 2 N–H and O–H groups in total. The van der Waals surface area contributed by atoms with Gasteiger partial charge in [0.1, 0.15) is 0 Å². The highest BCUT2D eigenvalue weighted by Gasteiger charge is 2.01. The van der Waals surface area contributed by atoms with Crippen molar-refractivity contribution in [2.24, 2.45) is 0 Å². The molecule has 21 heavy (non-hydrogen) atoms. The molecule has 0 spiro atoms. The van der Waals surface area contributed by atoms with Crippen LogP contribution in [-0.4, -0.2) is 5.91 Å². The Morgan fingerprint density at radius 3 is 2.29 bits per heavy atom. The van der Waals surface area contributed by atoms with Gasteiger partial charge in [-0.3, -0.25) is 4.79 Å². The van der Waals surface area contributed by atoms with Gasteiger partial charge >= 0.3 is 0 Å². The minimum atomic E-state index is 0.0850. The Morgan fingerprint density at radius 1 is 0.952 bits per heavy atom. The van der Waals surface area contributed by atoms with Crippen LogP contribution in [0.4, 0.5) is 11.4 Å². The maximum Gasteiger partial charge on any atom is 0.224 e. The summed E-state index contributed by atoms with van der Waals surface area (Å²) in [6.45, 7) is 2.88. The molecule has 0 radical (unpaired) electrons. The normalized spacial score (nSPS) is 10.1. The van der Waals surface area contributed by atoms with Crippen molar-refractivity contribution in [2.45, 2.75) is 32.7 Å². The van der Waals surface area contributed by atoms with Crippen molar-refractivity contribution < 1.29 is 4.79 Å². The van der Waals surface area contributed by atoms with Crippen LogP contribution in [0.15, 0.2) is 54.6 Å². The largest absolute Gasteiger partial charge is 0.381 e. The summed E-state index contributed by atoms with van der Waals surface area (Å²) in [5, 5.41) is 6.27. The second-order valence-electron chi connectivity index (χ2n) is 5.07.